The van der Waals surface area contributed by atoms with Crippen molar-refractivity contribution >= 4 is 17.4 Å². The van der Waals surface area contributed by atoms with Gasteiger partial charge in [-0.05, 0) is 68.5 Å². The van der Waals surface area contributed by atoms with Crippen LogP contribution >= 0.6 is 0 Å². The number of hydrogen-bond donors (Lipinski definition) is 0. The Kier molecular flexibility index (Phi) is 8.21. The van der Waals surface area contributed by atoms with Gasteiger partial charge in [0.1, 0.15) is 5.82 Å². The van der Waals surface area contributed by atoms with Crippen LogP contribution in [0.25, 0.3) is 0 Å². The number of benzene rings is 1. The lowest BCUT2D eigenvalue weighted by molar-refractivity contribution is 0.0637. The van der Waals surface area contributed by atoms with E-state index < -0.39 is 0 Å². The molecular weight excluding hydrogens is 410 g/mol. The molecular formula is C27H39N5O. The van der Waals surface area contributed by atoms with E-state index in [0.29, 0.717) is 5.92 Å². The van der Waals surface area contributed by atoms with Gasteiger partial charge in [0.2, 0.25) is 0 Å². The average Bonchev–Trinajstić information content (AvgIpc) is 2.88. The van der Waals surface area contributed by atoms with Crippen LogP contribution < -0.4 is 9.80 Å². The van der Waals surface area contributed by atoms with Crippen LogP contribution in [0.2, 0.25) is 0 Å². The van der Waals surface area contributed by atoms with Crippen molar-refractivity contribution in [3.05, 3.63) is 54.2 Å². The average molecular weight is 450 g/mol. The third kappa shape index (κ3) is 6.05. The quantitative estimate of drug-likeness (QED) is 0.610. The molecule has 2 fully saturated rings. The third-order valence-electron chi connectivity index (χ3n) is 7.02. The van der Waals surface area contributed by atoms with Crippen molar-refractivity contribution in [2.45, 2.75) is 33.1 Å². The van der Waals surface area contributed by atoms with Crippen LogP contribution in [0.5, 0.6) is 0 Å². The van der Waals surface area contributed by atoms with Crippen molar-refractivity contribution in [1.29, 1.82) is 0 Å². The van der Waals surface area contributed by atoms with Gasteiger partial charge in [0, 0.05) is 76.4 Å². The van der Waals surface area contributed by atoms with Crippen LogP contribution in [0.15, 0.2) is 48.7 Å². The topological polar surface area (TPSA) is 42.9 Å². The summed E-state index contributed by atoms with van der Waals surface area (Å²) in [5, 5.41) is 0. The van der Waals surface area contributed by atoms with E-state index in [2.05, 4.69) is 62.7 Å². The molecule has 1 aromatic carbocycles. The van der Waals surface area contributed by atoms with E-state index in [1.165, 1.54) is 12.1 Å². The van der Waals surface area contributed by atoms with Crippen molar-refractivity contribution in [3.63, 3.8) is 0 Å². The Hall–Kier alpha value is -2.60. The molecule has 2 aromatic rings. The maximum Gasteiger partial charge on any atom is 0.253 e. The smallest absolute Gasteiger partial charge is 0.253 e. The molecule has 1 atom stereocenters. The normalized spacial score (nSPS) is 19.5. The maximum atomic E-state index is 13.2. The van der Waals surface area contributed by atoms with Crippen molar-refractivity contribution in [2.75, 3.05) is 68.7 Å². The van der Waals surface area contributed by atoms with Crippen LogP contribution in [0.3, 0.4) is 0 Å². The first-order valence-corrected chi connectivity index (χ1v) is 12.7. The first-order valence-electron chi connectivity index (χ1n) is 12.7. The minimum atomic E-state index is 0.185. The van der Waals surface area contributed by atoms with Gasteiger partial charge in [0.15, 0.2) is 0 Å². The monoisotopic (exact) mass is 449 g/mol. The zero-order valence-electron chi connectivity index (χ0n) is 20.3. The Balaban J connectivity index is 1.28. The van der Waals surface area contributed by atoms with E-state index in [1.807, 2.05) is 24.4 Å². The van der Waals surface area contributed by atoms with E-state index in [4.69, 9.17) is 0 Å². The highest BCUT2D eigenvalue weighted by Gasteiger charge is 2.27. The summed E-state index contributed by atoms with van der Waals surface area (Å²) in [6, 6.07) is 14.4. The number of piperazine rings is 1. The number of amides is 1. The van der Waals surface area contributed by atoms with Crippen molar-refractivity contribution < 1.29 is 4.79 Å². The van der Waals surface area contributed by atoms with Gasteiger partial charge in [-0.15, -0.1) is 0 Å². The number of nitrogens with zero attached hydrogens (tertiary/aromatic N) is 5. The number of rotatable bonds is 8. The molecule has 2 aliphatic heterocycles. The third-order valence-corrected chi connectivity index (χ3v) is 7.02. The Morgan fingerprint density at radius 2 is 1.82 bits per heavy atom. The molecule has 1 amide bonds. The summed E-state index contributed by atoms with van der Waals surface area (Å²) in [4.78, 5) is 27.1. The second-order valence-corrected chi connectivity index (χ2v) is 9.36. The minimum Gasteiger partial charge on any atom is -0.372 e. The lowest BCUT2D eigenvalue weighted by atomic mass is 9.96. The highest BCUT2D eigenvalue weighted by atomic mass is 16.2. The largest absolute Gasteiger partial charge is 0.372 e. The van der Waals surface area contributed by atoms with E-state index in [9.17, 15) is 4.79 Å². The maximum absolute atomic E-state index is 13.2. The minimum absolute atomic E-state index is 0.185. The Bertz CT molecular complexity index is 864. The Labute approximate surface area is 199 Å². The molecule has 0 saturated carbocycles. The van der Waals surface area contributed by atoms with E-state index in [0.717, 1.165) is 83.1 Å². The number of piperidine rings is 1. The molecule has 0 N–H and O–H groups in total. The van der Waals surface area contributed by atoms with Crippen molar-refractivity contribution in [1.82, 2.24) is 14.8 Å². The van der Waals surface area contributed by atoms with Gasteiger partial charge in [0.05, 0.1) is 0 Å². The Morgan fingerprint density at radius 3 is 2.48 bits per heavy atom. The van der Waals surface area contributed by atoms with Gasteiger partial charge in [-0.1, -0.05) is 13.0 Å². The Morgan fingerprint density at radius 1 is 1.03 bits per heavy atom. The number of carbonyl (C=O) groups is 1. The molecule has 1 aromatic heterocycles. The van der Waals surface area contributed by atoms with Gasteiger partial charge in [-0.2, -0.15) is 0 Å². The molecule has 2 aliphatic rings. The molecule has 6 heteroatoms. The summed E-state index contributed by atoms with van der Waals surface area (Å²) >= 11 is 0. The number of hydrogen-bond acceptors (Lipinski definition) is 5. The molecule has 178 valence electrons. The molecule has 0 spiro atoms. The van der Waals surface area contributed by atoms with Gasteiger partial charge in [0.25, 0.3) is 5.91 Å². The lowest BCUT2D eigenvalue weighted by Crippen LogP contribution is -2.50. The van der Waals surface area contributed by atoms with Crippen LogP contribution in [0.1, 0.15) is 43.5 Å². The number of anilines is 2. The summed E-state index contributed by atoms with van der Waals surface area (Å²) in [7, 11) is 0. The predicted molar refractivity (Wildman–Crippen MR) is 136 cm³/mol. The summed E-state index contributed by atoms with van der Waals surface area (Å²) in [5.41, 5.74) is 2.02. The second-order valence-electron chi connectivity index (χ2n) is 9.36. The highest BCUT2D eigenvalue weighted by Crippen LogP contribution is 2.22. The van der Waals surface area contributed by atoms with E-state index in [-0.39, 0.29) is 5.91 Å². The highest BCUT2D eigenvalue weighted by molar-refractivity contribution is 5.94. The summed E-state index contributed by atoms with van der Waals surface area (Å²) in [6.45, 7) is 13.4. The first-order chi connectivity index (χ1) is 16.2. The van der Waals surface area contributed by atoms with Crippen LogP contribution in [0, 0.1) is 5.92 Å². The number of carbonyl (C=O) groups excluding carboxylic acids is 1. The van der Waals surface area contributed by atoms with Gasteiger partial charge in [-0.25, -0.2) is 4.98 Å². The summed E-state index contributed by atoms with van der Waals surface area (Å²) in [6.07, 6.45) is 5.31. The standard InChI is InChI=1S/C27H39N5O/c1-3-15-30(4-2)25-12-10-24(11-13-25)27(33)32-16-7-8-23(22-32)21-29-17-19-31(20-18-29)26-9-5-6-14-28-26/h5-6,9-14,23H,3-4,7-8,15-22H2,1-2H3. The number of pyridine rings is 1. The molecule has 0 radical (unpaired) electrons. The zero-order chi connectivity index (χ0) is 23.0. The van der Waals surface area contributed by atoms with Gasteiger partial charge in [-0.3, -0.25) is 9.69 Å². The van der Waals surface area contributed by atoms with E-state index >= 15 is 0 Å². The SMILES string of the molecule is CCCN(CC)c1ccc(C(=O)N2CCCC(CN3CCN(c4ccccn4)CC3)C2)cc1. The molecule has 33 heavy (non-hydrogen) atoms. The molecule has 1 unspecified atom stereocenters. The fraction of sp³-hybridized carbons (Fsp3) is 0.556. The van der Waals surface area contributed by atoms with Crippen LogP contribution in [0.4, 0.5) is 11.5 Å². The summed E-state index contributed by atoms with van der Waals surface area (Å²) < 4.78 is 0. The fourth-order valence-electron chi connectivity index (χ4n) is 5.20. The van der Waals surface area contributed by atoms with Gasteiger partial charge < -0.3 is 14.7 Å². The number of aromatic nitrogens is 1. The van der Waals surface area contributed by atoms with Crippen LogP contribution in [-0.2, 0) is 0 Å². The first kappa shape index (κ1) is 23.6. The molecule has 0 aliphatic carbocycles. The summed E-state index contributed by atoms with van der Waals surface area (Å²) in [5.74, 6) is 1.82. The van der Waals surface area contributed by atoms with Crippen molar-refractivity contribution in [3.8, 4) is 0 Å². The number of likely N-dealkylation sites (tertiary alicyclic amines) is 1. The zero-order valence-corrected chi connectivity index (χ0v) is 20.3. The predicted octanol–water partition coefficient (Wildman–Crippen LogP) is 3.99. The lowest BCUT2D eigenvalue weighted by Gasteiger charge is -2.39. The van der Waals surface area contributed by atoms with E-state index in [1.54, 1.807) is 0 Å². The fourth-order valence-corrected chi connectivity index (χ4v) is 5.20. The molecule has 4 rings (SSSR count). The van der Waals surface area contributed by atoms with Gasteiger partial charge >= 0.3 is 0 Å². The molecule has 0 bridgehead atoms. The second kappa shape index (κ2) is 11.5. The molecule has 3 heterocycles. The molecule has 2 saturated heterocycles. The van der Waals surface area contributed by atoms with Crippen molar-refractivity contribution in [2.24, 2.45) is 5.92 Å². The molecule has 6 nitrogen and oxygen atoms in total. The van der Waals surface area contributed by atoms with Crippen LogP contribution in [-0.4, -0.2) is 79.6 Å².